The number of nitrogens with zero attached hydrogens (tertiary/aromatic N) is 2. The number of ether oxygens (including phenoxy) is 1. The van der Waals surface area contributed by atoms with Gasteiger partial charge in [0.2, 0.25) is 0 Å². The van der Waals surface area contributed by atoms with Gasteiger partial charge in [0.15, 0.2) is 0 Å². The molecule has 3 rings (SSSR count). The highest BCUT2D eigenvalue weighted by Gasteiger charge is 2.27. The van der Waals surface area contributed by atoms with Gasteiger partial charge in [0, 0.05) is 30.4 Å². The zero-order chi connectivity index (χ0) is 14.1. The summed E-state index contributed by atoms with van der Waals surface area (Å²) in [6.45, 7) is 0.724. The Morgan fingerprint density at radius 3 is 2.85 bits per heavy atom. The maximum atomic E-state index is 13.0. The molecule has 0 saturated heterocycles. The van der Waals surface area contributed by atoms with Crippen molar-refractivity contribution in [2.24, 2.45) is 5.92 Å². The van der Waals surface area contributed by atoms with Crippen molar-refractivity contribution in [1.82, 2.24) is 9.55 Å². The Kier molecular flexibility index (Phi) is 3.26. The van der Waals surface area contributed by atoms with Crippen molar-refractivity contribution in [3.8, 4) is 11.4 Å². The number of methoxy groups -OCH3 is 1. The first kappa shape index (κ1) is 12.8. The largest absolute Gasteiger partial charge is 0.469 e. The number of carbonyl (C=O) groups excluding carboxylic acids is 1. The van der Waals surface area contributed by atoms with Crippen LogP contribution < -0.4 is 0 Å². The maximum absolute atomic E-state index is 13.0. The van der Waals surface area contributed by atoms with E-state index in [0.29, 0.717) is 6.42 Å². The first-order valence-corrected chi connectivity index (χ1v) is 6.57. The first-order valence-electron chi connectivity index (χ1n) is 6.57. The van der Waals surface area contributed by atoms with Gasteiger partial charge in [-0.3, -0.25) is 4.79 Å². The highest BCUT2D eigenvalue weighted by atomic mass is 19.1. The molecule has 0 saturated carbocycles. The molecular formula is C15H15FN2O2. The molecule has 1 atom stereocenters. The van der Waals surface area contributed by atoms with Crippen LogP contribution in [0.15, 0.2) is 30.5 Å². The molecule has 104 valence electrons. The third-order valence-corrected chi connectivity index (χ3v) is 3.73. The van der Waals surface area contributed by atoms with E-state index in [4.69, 9.17) is 4.74 Å². The average molecular weight is 274 g/mol. The van der Waals surface area contributed by atoms with Gasteiger partial charge in [0.25, 0.3) is 0 Å². The number of rotatable bonds is 2. The van der Waals surface area contributed by atoms with E-state index < -0.39 is 0 Å². The van der Waals surface area contributed by atoms with E-state index in [9.17, 15) is 9.18 Å². The van der Waals surface area contributed by atoms with Crippen LogP contribution in [-0.2, 0) is 22.5 Å². The zero-order valence-corrected chi connectivity index (χ0v) is 11.2. The molecule has 1 aromatic heterocycles. The summed E-state index contributed by atoms with van der Waals surface area (Å²) >= 11 is 0. The van der Waals surface area contributed by atoms with Crippen molar-refractivity contribution < 1.29 is 13.9 Å². The van der Waals surface area contributed by atoms with Gasteiger partial charge < -0.3 is 9.30 Å². The smallest absolute Gasteiger partial charge is 0.309 e. The van der Waals surface area contributed by atoms with E-state index in [1.54, 1.807) is 18.3 Å². The molecule has 0 spiro atoms. The number of halogens is 1. The van der Waals surface area contributed by atoms with Crippen LogP contribution in [0, 0.1) is 11.7 Å². The second kappa shape index (κ2) is 5.07. The molecule has 20 heavy (non-hydrogen) atoms. The summed E-state index contributed by atoms with van der Waals surface area (Å²) in [7, 11) is 1.41. The minimum Gasteiger partial charge on any atom is -0.469 e. The highest BCUT2D eigenvalue weighted by Crippen LogP contribution is 2.27. The summed E-state index contributed by atoms with van der Waals surface area (Å²) in [6, 6.07) is 6.29. The molecule has 1 unspecified atom stereocenters. The Balaban J connectivity index is 1.90. The Morgan fingerprint density at radius 2 is 2.15 bits per heavy atom. The van der Waals surface area contributed by atoms with Crippen LogP contribution in [0.5, 0.6) is 0 Å². The van der Waals surface area contributed by atoms with E-state index >= 15 is 0 Å². The van der Waals surface area contributed by atoms with Crippen molar-refractivity contribution in [3.05, 3.63) is 42.0 Å². The molecule has 0 N–H and O–H groups in total. The van der Waals surface area contributed by atoms with Crippen molar-refractivity contribution in [3.63, 3.8) is 0 Å². The minimum atomic E-state index is -0.259. The van der Waals surface area contributed by atoms with Crippen LogP contribution >= 0.6 is 0 Å². The molecular weight excluding hydrogens is 259 g/mol. The normalized spacial score (nSPS) is 17.6. The molecule has 0 radical (unpaired) electrons. The van der Waals surface area contributed by atoms with Gasteiger partial charge >= 0.3 is 5.97 Å². The molecule has 0 amide bonds. The van der Waals surface area contributed by atoms with Gasteiger partial charge in [-0.05, 0) is 30.7 Å². The number of fused-ring (bicyclic) bond motifs is 1. The monoisotopic (exact) mass is 274 g/mol. The maximum Gasteiger partial charge on any atom is 0.309 e. The lowest BCUT2D eigenvalue weighted by molar-refractivity contribution is -0.146. The standard InChI is InChI=1S/C15H15FN2O2/c1-20-15(19)11-6-7-18-13(8-11)9-17-14(18)10-2-4-12(16)5-3-10/h2-5,9,11H,6-8H2,1H3. The lowest BCUT2D eigenvalue weighted by atomic mass is 9.96. The average Bonchev–Trinajstić information content (AvgIpc) is 2.90. The van der Waals surface area contributed by atoms with Crippen molar-refractivity contribution in [2.45, 2.75) is 19.4 Å². The Morgan fingerprint density at radius 1 is 1.40 bits per heavy atom. The van der Waals surface area contributed by atoms with Crippen molar-refractivity contribution in [2.75, 3.05) is 7.11 Å². The van der Waals surface area contributed by atoms with Crippen LogP contribution in [0.1, 0.15) is 12.1 Å². The van der Waals surface area contributed by atoms with Gasteiger partial charge in [0.1, 0.15) is 11.6 Å². The predicted molar refractivity (Wildman–Crippen MR) is 71.4 cm³/mol. The summed E-state index contributed by atoms with van der Waals surface area (Å²) < 4.78 is 19.9. The molecule has 4 nitrogen and oxygen atoms in total. The van der Waals surface area contributed by atoms with Gasteiger partial charge in [-0.25, -0.2) is 9.37 Å². The van der Waals surface area contributed by atoms with E-state index in [1.807, 2.05) is 0 Å². The lowest BCUT2D eigenvalue weighted by Crippen LogP contribution is -2.26. The van der Waals surface area contributed by atoms with Crippen molar-refractivity contribution in [1.29, 1.82) is 0 Å². The number of hydrogen-bond donors (Lipinski definition) is 0. The number of aromatic nitrogens is 2. The third kappa shape index (κ3) is 2.19. The fraction of sp³-hybridized carbons (Fsp3) is 0.333. The van der Waals surface area contributed by atoms with Crippen LogP contribution in [-0.4, -0.2) is 22.6 Å². The molecule has 1 aromatic carbocycles. The second-order valence-electron chi connectivity index (χ2n) is 4.94. The van der Waals surface area contributed by atoms with Crippen molar-refractivity contribution >= 4 is 5.97 Å². The molecule has 0 fully saturated rings. The van der Waals surface area contributed by atoms with E-state index in [0.717, 1.165) is 30.0 Å². The fourth-order valence-electron chi connectivity index (χ4n) is 2.66. The molecule has 5 heteroatoms. The van der Waals surface area contributed by atoms with E-state index in [2.05, 4.69) is 9.55 Å². The van der Waals surface area contributed by atoms with Crippen LogP contribution in [0.25, 0.3) is 11.4 Å². The molecule has 0 bridgehead atoms. The quantitative estimate of drug-likeness (QED) is 0.790. The lowest BCUT2D eigenvalue weighted by Gasteiger charge is -2.23. The van der Waals surface area contributed by atoms with Crippen LogP contribution in [0.2, 0.25) is 0 Å². The highest BCUT2D eigenvalue weighted by molar-refractivity contribution is 5.73. The third-order valence-electron chi connectivity index (χ3n) is 3.73. The number of benzene rings is 1. The Labute approximate surface area is 116 Å². The Hall–Kier alpha value is -2.17. The number of esters is 1. The van der Waals surface area contributed by atoms with Crippen LogP contribution in [0.4, 0.5) is 4.39 Å². The van der Waals surface area contributed by atoms with E-state index in [-0.39, 0.29) is 17.7 Å². The minimum absolute atomic E-state index is 0.0923. The molecule has 2 heterocycles. The topological polar surface area (TPSA) is 44.1 Å². The first-order chi connectivity index (χ1) is 9.69. The van der Waals surface area contributed by atoms with Crippen LogP contribution in [0.3, 0.4) is 0 Å². The summed E-state index contributed by atoms with van der Waals surface area (Å²) in [5.74, 6) is 0.305. The van der Waals surface area contributed by atoms with Gasteiger partial charge in [0.05, 0.1) is 13.0 Å². The molecule has 1 aliphatic rings. The molecule has 1 aliphatic heterocycles. The SMILES string of the molecule is COC(=O)C1CCn2c(cnc2-c2ccc(F)cc2)C1. The second-order valence-corrected chi connectivity index (χ2v) is 4.94. The zero-order valence-electron chi connectivity index (χ0n) is 11.2. The summed E-state index contributed by atoms with van der Waals surface area (Å²) in [6.07, 6.45) is 3.17. The molecule has 0 aliphatic carbocycles. The van der Waals surface area contributed by atoms with Gasteiger partial charge in [-0.2, -0.15) is 0 Å². The number of imidazole rings is 1. The van der Waals surface area contributed by atoms with Gasteiger partial charge in [-0.15, -0.1) is 0 Å². The fourth-order valence-corrected chi connectivity index (χ4v) is 2.66. The predicted octanol–water partition coefficient (Wildman–Crippen LogP) is 2.42. The number of carbonyl (C=O) groups is 1. The van der Waals surface area contributed by atoms with E-state index in [1.165, 1.54) is 19.2 Å². The summed E-state index contributed by atoms with van der Waals surface area (Å²) in [5, 5.41) is 0. The summed E-state index contributed by atoms with van der Waals surface area (Å²) in [5.41, 5.74) is 1.90. The Bertz CT molecular complexity index is 634. The summed E-state index contributed by atoms with van der Waals surface area (Å²) in [4.78, 5) is 16.0. The number of hydrogen-bond acceptors (Lipinski definition) is 3. The molecule has 2 aromatic rings. The van der Waals surface area contributed by atoms with Gasteiger partial charge in [-0.1, -0.05) is 0 Å².